The van der Waals surface area contributed by atoms with Gasteiger partial charge in [0, 0.05) is 18.9 Å². The molecular formula is C12H16FNO2S. The summed E-state index contributed by atoms with van der Waals surface area (Å²) in [4.78, 5) is 11.6. The second kappa shape index (κ2) is 8.08. The highest BCUT2D eigenvalue weighted by Gasteiger charge is 2.09. The van der Waals surface area contributed by atoms with Gasteiger partial charge in [0.05, 0.1) is 5.56 Å². The van der Waals surface area contributed by atoms with Crippen LogP contribution in [0.2, 0.25) is 0 Å². The Balaban J connectivity index is 2.24. The third-order valence-corrected chi connectivity index (χ3v) is 3.17. The smallest absolute Gasteiger partial charge is 0.254 e. The molecule has 0 unspecified atom stereocenters. The molecule has 5 heteroatoms. The molecule has 0 atom stereocenters. The van der Waals surface area contributed by atoms with Gasteiger partial charge in [0.25, 0.3) is 5.91 Å². The average Bonchev–Trinajstić information content (AvgIpc) is 2.34. The number of benzene rings is 1. The predicted molar refractivity (Wildman–Crippen MR) is 67.8 cm³/mol. The van der Waals surface area contributed by atoms with Gasteiger partial charge in [0.2, 0.25) is 0 Å². The molecule has 17 heavy (non-hydrogen) atoms. The Kier molecular flexibility index (Phi) is 6.65. The number of aliphatic hydroxyl groups excluding tert-OH is 1. The highest BCUT2D eigenvalue weighted by Crippen LogP contribution is 2.06. The maximum absolute atomic E-state index is 13.2. The summed E-state index contributed by atoms with van der Waals surface area (Å²) in [7, 11) is 0. The predicted octanol–water partition coefficient (Wildman–Crippen LogP) is 1.67. The summed E-state index contributed by atoms with van der Waals surface area (Å²) in [5.41, 5.74) is 0.0767. The molecule has 3 nitrogen and oxygen atoms in total. The molecule has 0 aliphatic rings. The zero-order chi connectivity index (χ0) is 12.5. The van der Waals surface area contributed by atoms with Crippen molar-refractivity contribution in [2.24, 2.45) is 0 Å². The molecule has 1 aromatic rings. The topological polar surface area (TPSA) is 49.3 Å². The monoisotopic (exact) mass is 257 g/mol. The van der Waals surface area contributed by atoms with Crippen molar-refractivity contribution in [2.75, 3.05) is 24.7 Å². The van der Waals surface area contributed by atoms with E-state index in [0.717, 1.165) is 17.9 Å². The number of hydrogen-bond acceptors (Lipinski definition) is 3. The first-order valence-corrected chi connectivity index (χ1v) is 6.62. The van der Waals surface area contributed by atoms with Crippen molar-refractivity contribution in [3.63, 3.8) is 0 Å². The van der Waals surface area contributed by atoms with E-state index in [1.165, 1.54) is 12.1 Å². The van der Waals surface area contributed by atoms with Crippen LogP contribution >= 0.6 is 11.8 Å². The van der Waals surface area contributed by atoms with Crippen LogP contribution in [0.3, 0.4) is 0 Å². The van der Waals surface area contributed by atoms with Gasteiger partial charge in [-0.25, -0.2) is 4.39 Å². The van der Waals surface area contributed by atoms with E-state index in [-0.39, 0.29) is 18.1 Å². The summed E-state index contributed by atoms with van der Waals surface area (Å²) in [6, 6.07) is 5.92. The highest BCUT2D eigenvalue weighted by molar-refractivity contribution is 7.99. The number of rotatable bonds is 7. The minimum atomic E-state index is -0.502. The molecule has 2 N–H and O–H groups in total. The molecule has 0 radical (unpaired) electrons. The third kappa shape index (κ3) is 5.19. The highest BCUT2D eigenvalue weighted by atomic mass is 32.2. The van der Waals surface area contributed by atoms with Gasteiger partial charge >= 0.3 is 0 Å². The maximum Gasteiger partial charge on any atom is 0.254 e. The van der Waals surface area contributed by atoms with Crippen molar-refractivity contribution in [1.29, 1.82) is 0 Å². The Bertz CT molecular complexity index is 360. The van der Waals surface area contributed by atoms with Gasteiger partial charge in [-0.1, -0.05) is 12.1 Å². The van der Waals surface area contributed by atoms with Gasteiger partial charge in [-0.3, -0.25) is 4.79 Å². The molecule has 0 bridgehead atoms. The number of carbonyl (C=O) groups excluding carboxylic acids is 1. The minimum Gasteiger partial charge on any atom is -0.396 e. The van der Waals surface area contributed by atoms with Gasteiger partial charge < -0.3 is 10.4 Å². The maximum atomic E-state index is 13.2. The van der Waals surface area contributed by atoms with E-state index >= 15 is 0 Å². The molecule has 1 aromatic carbocycles. The van der Waals surface area contributed by atoms with Crippen LogP contribution in [0.5, 0.6) is 0 Å². The number of carbonyl (C=O) groups is 1. The number of halogens is 1. The SMILES string of the molecule is O=C(NCCSCCCO)c1ccccc1F. The molecule has 0 saturated carbocycles. The Labute approximate surface area is 104 Å². The van der Waals surface area contributed by atoms with Gasteiger partial charge in [0.1, 0.15) is 5.82 Å². The number of amides is 1. The van der Waals surface area contributed by atoms with Crippen LogP contribution in [0.25, 0.3) is 0 Å². The fourth-order valence-electron chi connectivity index (χ4n) is 1.25. The van der Waals surface area contributed by atoms with Crippen molar-refractivity contribution in [3.05, 3.63) is 35.6 Å². The molecule has 0 saturated heterocycles. The van der Waals surface area contributed by atoms with Crippen molar-refractivity contribution < 1.29 is 14.3 Å². The first kappa shape index (κ1) is 14.0. The molecule has 94 valence electrons. The standard InChI is InChI=1S/C12H16FNO2S/c13-11-5-2-1-4-10(11)12(16)14-6-9-17-8-3-7-15/h1-2,4-5,15H,3,6-9H2,(H,14,16). The first-order chi connectivity index (χ1) is 8.25. The van der Waals surface area contributed by atoms with E-state index in [4.69, 9.17) is 5.11 Å². The first-order valence-electron chi connectivity index (χ1n) is 5.47. The summed E-state index contributed by atoms with van der Waals surface area (Å²) in [6.07, 6.45) is 0.756. The van der Waals surface area contributed by atoms with Gasteiger partial charge in [-0.2, -0.15) is 11.8 Å². The van der Waals surface area contributed by atoms with E-state index in [2.05, 4.69) is 5.32 Å². The molecule has 1 amide bonds. The molecule has 0 spiro atoms. The molecule has 0 aromatic heterocycles. The minimum absolute atomic E-state index is 0.0767. The largest absolute Gasteiger partial charge is 0.396 e. The quantitative estimate of drug-likeness (QED) is 0.731. The van der Waals surface area contributed by atoms with Crippen LogP contribution in [-0.2, 0) is 0 Å². The zero-order valence-electron chi connectivity index (χ0n) is 9.49. The lowest BCUT2D eigenvalue weighted by Crippen LogP contribution is -2.26. The molecule has 0 aliphatic heterocycles. The van der Waals surface area contributed by atoms with E-state index < -0.39 is 5.82 Å². The normalized spacial score (nSPS) is 10.2. The van der Waals surface area contributed by atoms with E-state index in [1.54, 1.807) is 23.9 Å². The molecular weight excluding hydrogens is 241 g/mol. The number of aliphatic hydroxyl groups is 1. The third-order valence-electron chi connectivity index (χ3n) is 2.10. The lowest BCUT2D eigenvalue weighted by Gasteiger charge is -2.05. The van der Waals surface area contributed by atoms with Gasteiger partial charge in [-0.15, -0.1) is 0 Å². The Morgan fingerprint density at radius 1 is 1.35 bits per heavy atom. The number of thioether (sulfide) groups is 1. The van der Waals surface area contributed by atoms with Gasteiger partial charge in [-0.05, 0) is 24.3 Å². The van der Waals surface area contributed by atoms with E-state index in [9.17, 15) is 9.18 Å². The fourth-order valence-corrected chi connectivity index (χ4v) is 2.03. The number of hydrogen-bond donors (Lipinski definition) is 2. The van der Waals surface area contributed by atoms with Crippen molar-refractivity contribution in [1.82, 2.24) is 5.32 Å². The second-order valence-corrected chi connectivity index (χ2v) is 4.65. The van der Waals surface area contributed by atoms with Crippen LogP contribution in [0.15, 0.2) is 24.3 Å². The summed E-state index contributed by atoms with van der Waals surface area (Å²) >= 11 is 1.65. The van der Waals surface area contributed by atoms with Gasteiger partial charge in [0.15, 0.2) is 0 Å². The lowest BCUT2D eigenvalue weighted by molar-refractivity contribution is 0.0952. The zero-order valence-corrected chi connectivity index (χ0v) is 10.3. The molecule has 0 aliphatic carbocycles. The van der Waals surface area contributed by atoms with E-state index in [1.807, 2.05) is 0 Å². The van der Waals surface area contributed by atoms with Crippen LogP contribution in [0.1, 0.15) is 16.8 Å². The summed E-state index contributed by atoms with van der Waals surface area (Å²) in [5.74, 6) is 0.746. The lowest BCUT2D eigenvalue weighted by atomic mass is 10.2. The fraction of sp³-hybridized carbons (Fsp3) is 0.417. The average molecular weight is 257 g/mol. The van der Waals surface area contributed by atoms with Crippen molar-refractivity contribution >= 4 is 17.7 Å². The molecule has 1 rings (SSSR count). The Morgan fingerprint density at radius 2 is 2.12 bits per heavy atom. The Morgan fingerprint density at radius 3 is 2.82 bits per heavy atom. The van der Waals surface area contributed by atoms with Crippen LogP contribution < -0.4 is 5.32 Å². The van der Waals surface area contributed by atoms with E-state index in [0.29, 0.717) is 6.54 Å². The molecule has 0 heterocycles. The Hall–Kier alpha value is -1.07. The summed E-state index contributed by atoms with van der Waals surface area (Å²) < 4.78 is 13.2. The van der Waals surface area contributed by atoms with Crippen molar-refractivity contribution in [3.8, 4) is 0 Å². The van der Waals surface area contributed by atoms with Crippen molar-refractivity contribution in [2.45, 2.75) is 6.42 Å². The van der Waals surface area contributed by atoms with Crippen LogP contribution in [0, 0.1) is 5.82 Å². The number of nitrogens with one attached hydrogen (secondary N) is 1. The second-order valence-electron chi connectivity index (χ2n) is 3.43. The molecule has 0 fully saturated rings. The van der Waals surface area contributed by atoms with Crippen LogP contribution in [0.4, 0.5) is 4.39 Å². The summed E-state index contributed by atoms with van der Waals surface area (Å²) in [5, 5.41) is 11.2. The summed E-state index contributed by atoms with van der Waals surface area (Å²) in [6.45, 7) is 0.692. The van der Waals surface area contributed by atoms with Crippen LogP contribution in [-0.4, -0.2) is 35.7 Å².